The molecule has 2 aromatic rings. The molecule has 2 N–H and O–H groups in total. The number of aryl methyl sites for hydroxylation is 1. The zero-order chi connectivity index (χ0) is 13.8. The standard InChI is InChI=1S/C14H14BrN3O/c1-9-4-3-5-11(13(9)15)18-14(19)10-6-7-12(16-2)17-8-10/h3-8H,1-2H3,(H,16,17)(H,18,19). The van der Waals surface area contributed by atoms with Crippen LogP contribution in [0.1, 0.15) is 15.9 Å². The maximum absolute atomic E-state index is 12.1. The van der Waals surface area contributed by atoms with E-state index in [1.54, 1.807) is 25.4 Å². The van der Waals surface area contributed by atoms with E-state index in [2.05, 4.69) is 31.5 Å². The van der Waals surface area contributed by atoms with E-state index >= 15 is 0 Å². The van der Waals surface area contributed by atoms with E-state index in [1.165, 1.54) is 0 Å². The van der Waals surface area contributed by atoms with Crippen LogP contribution < -0.4 is 10.6 Å². The first-order chi connectivity index (χ1) is 9.11. The molecule has 1 aromatic carbocycles. The first-order valence-electron chi connectivity index (χ1n) is 5.82. The van der Waals surface area contributed by atoms with Crippen LogP contribution in [0.5, 0.6) is 0 Å². The van der Waals surface area contributed by atoms with E-state index in [1.807, 2.05) is 25.1 Å². The van der Waals surface area contributed by atoms with Gasteiger partial charge in [0.2, 0.25) is 0 Å². The summed E-state index contributed by atoms with van der Waals surface area (Å²) in [5.74, 6) is 0.551. The highest BCUT2D eigenvalue weighted by atomic mass is 79.9. The number of aromatic nitrogens is 1. The van der Waals surface area contributed by atoms with Crippen LogP contribution in [0.2, 0.25) is 0 Å². The number of pyridine rings is 1. The average Bonchev–Trinajstić information content (AvgIpc) is 2.44. The average molecular weight is 320 g/mol. The van der Waals surface area contributed by atoms with E-state index in [-0.39, 0.29) is 5.91 Å². The summed E-state index contributed by atoms with van der Waals surface area (Å²) in [6.45, 7) is 1.98. The van der Waals surface area contributed by atoms with Crippen molar-refractivity contribution in [2.75, 3.05) is 17.7 Å². The third kappa shape index (κ3) is 3.12. The molecule has 1 aromatic heterocycles. The van der Waals surface area contributed by atoms with Gasteiger partial charge in [-0.05, 0) is 46.6 Å². The van der Waals surface area contributed by atoms with Crippen LogP contribution in [0.15, 0.2) is 41.0 Å². The van der Waals surface area contributed by atoms with Crippen LogP contribution >= 0.6 is 15.9 Å². The highest BCUT2D eigenvalue weighted by molar-refractivity contribution is 9.10. The molecule has 0 aliphatic rings. The molecule has 19 heavy (non-hydrogen) atoms. The minimum atomic E-state index is -0.179. The van der Waals surface area contributed by atoms with Crippen molar-refractivity contribution >= 4 is 33.3 Å². The summed E-state index contributed by atoms with van der Waals surface area (Å²) in [5.41, 5.74) is 2.34. The van der Waals surface area contributed by atoms with Crippen LogP contribution in [0.25, 0.3) is 0 Å². The van der Waals surface area contributed by atoms with Crippen molar-refractivity contribution in [3.63, 3.8) is 0 Å². The third-order valence-corrected chi connectivity index (χ3v) is 3.77. The number of benzene rings is 1. The highest BCUT2D eigenvalue weighted by Crippen LogP contribution is 2.26. The lowest BCUT2D eigenvalue weighted by molar-refractivity contribution is 0.102. The van der Waals surface area contributed by atoms with Crippen LogP contribution in [-0.2, 0) is 0 Å². The second-order valence-electron chi connectivity index (χ2n) is 4.07. The lowest BCUT2D eigenvalue weighted by Crippen LogP contribution is -2.13. The predicted octanol–water partition coefficient (Wildman–Crippen LogP) is 3.45. The smallest absolute Gasteiger partial charge is 0.257 e. The Morgan fingerprint density at radius 2 is 2.05 bits per heavy atom. The molecule has 0 saturated carbocycles. The van der Waals surface area contributed by atoms with E-state index < -0.39 is 0 Å². The molecule has 4 nitrogen and oxygen atoms in total. The van der Waals surface area contributed by atoms with Gasteiger partial charge >= 0.3 is 0 Å². The lowest BCUT2D eigenvalue weighted by Gasteiger charge is -2.09. The Hall–Kier alpha value is -1.88. The fraction of sp³-hybridized carbons (Fsp3) is 0.143. The van der Waals surface area contributed by atoms with Crippen molar-refractivity contribution in [3.05, 3.63) is 52.1 Å². The lowest BCUT2D eigenvalue weighted by atomic mass is 10.2. The Morgan fingerprint density at radius 1 is 1.26 bits per heavy atom. The minimum Gasteiger partial charge on any atom is -0.373 e. The molecule has 0 unspecified atom stereocenters. The molecule has 98 valence electrons. The molecule has 2 rings (SSSR count). The fourth-order valence-corrected chi connectivity index (χ4v) is 1.98. The Bertz CT molecular complexity index is 596. The molecule has 0 bridgehead atoms. The Labute approximate surface area is 120 Å². The van der Waals surface area contributed by atoms with Crippen LogP contribution in [0.4, 0.5) is 11.5 Å². The number of nitrogens with zero attached hydrogens (tertiary/aromatic N) is 1. The number of nitrogens with one attached hydrogen (secondary N) is 2. The van der Waals surface area contributed by atoms with Gasteiger partial charge in [0.15, 0.2) is 0 Å². The SMILES string of the molecule is CNc1ccc(C(=O)Nc2cccc(C)c2Br)cn1. The summed E-state index contributed by atoms with van der Waals surface area (Å²) in [6, 6.07) is 9.23. The number of carbonyl (C=O) groups excluding carboxylic acids is 1. The number of halogens is 1. The predicted molar refractivity (Wildman–Crippen MR) is 80.6 cm³/mol. The van der Waals surface area contributed by atoms with Gasteiger partial charge in [-0.25, -0.2) is 4.98 Å². The molecule has 5 heteroatoms. The molecule has 1 amide bonds. The summed E-state index contributed by atoms with van der Waals surface area (Å²) in [6.07, 6.45) is 1.55. The van der Waals surface area contributed by atoms with Gasteiger partial charge in [0.1, 0.15) is 5.82 Å². The summed E-state index contributed by atoms with van der Waals surface area (Å²) in [4.78, 5) is 16.2. The normalized spacial score (nSPS) is 10.1. The van der Waals surface area contributed by atoms with Crippen molar-refractivity contribution in [2.24, 2.45) is 0 Å². The van der Waals surface area contributed by atoms with E-state index in [4.69, 9.17) is 0 Å². The van der Waals surface area contributed by atoms with Gasteiger partial charge in [-0.3, -0.25) is 4.79 Å². The molecular formula is C14H14BrN3O. The van der Waals surface area contributed by atoms with Crippen LogP contribution in [0.3, 0.4) is 0 Å². The summed E-state index contributed by atoms with van der Waals surface area (Å²) in [5, 5.41) is 5.77. The van der Waals surface area contributed by atoms with Crippen molar-refractivity contribution in [1.82, 2.24) is 4.98 Å². The summed E-state index contributed by atoms with van der Waals surface area (Å²) >= 11 is 3.46. The Balaban J connectivity index is 2.18. The first kappa shape index (κ1) is 13.5. The van der Waals surface area contributed by atoms with Gasteiger partial charge in [-0.15, -0.1) is 0 Å². The molecule has 0 saturated heterocycles. The Morgan fingerprint density at radius 3 is 2.68 bits per heavy atom. The van der Waals surface area contributed by atoms with Gasteiger partial charge in [0.25, 0.3) is 5.91 Å². The maximum Gasteiger partial charge on any atom is 0.257 e. The molecule has 1 heterocycles. The molecule has 0 spiro atoms. The maximum atomic E-state index is 12.1. The van der Waals surface area contributed by atoms with Gasteiger partial charge in [-0.2, -0.15) is 0 Å². The zero-order valence-corrected chi connectivity index (χ0v) is 12.3. The second-order valence-corrected chi connectivity index (χ2v) is 4.87. The van der Waals surface area contributed by atoms with Crippen molar-refractivity contribution in [3.8, 4) is 0 Å². The summed E-state index contributed by atoms with van der Waals surface area (Å²) < 4.78 is 0.892. The van der Waals surface area contributed by atoms with E-state index in [9.17, 15) is 4.79 Å². The van der Waals surface area contributed by atoms with Crippen LogP contribution in [0, 0.1) is 6.92 Å². The molecule has 0 fully saturated rings. The second kappa shape index (κ2) is 5.84. The van der Waals surface area contributed by atoms with Crippen molar-refractivity contribution < 1.29 is 4.79 Å². The number of hydrogen-bond donors (Lipinski definition) is 2. The third-order valence-electron chi connectivity index (χ3n) is 2.72. The number of rotatable bonds is 3. The zero-order valence-electron chi connectivity index (χ0n) is 10.7. The minimum absolute atomic E-state index is 0.179. The number of amides is 1. The molecule has 0 aliphatic carbocycles. The van der Waals surface area contributed by atoms with Gasteiger partial charge in [-0.1, -0.05) is 12.1 Å². The van der Waals surface area contributed by atoms with Crippen LogP contribution in [-0.4, -0.2) is 17.9 Å². The van der Waals surface area contributed by atoms with Gasteiger partial charge in [0, 0.05) is 17.7 Å². The quantitative estimate of drug-likeness (QED) is 0.911. The summed E-state index contributed by atoms with van der Waals surface area (Å²) in [7, 11) is 1.78. The highest BCUT2D eigenvalue weighted by Gasteiger charge is 2.09. The molecule has 0 atom stereocenters. The number of anilines is 2. The van der Waals surface area contributed by atoms with Gasteiger partial charge in [0.05, 0.1) is 11.3 Å². The molecule has 0 aliphatic heterocycles. The van der Waals surface area contributed by atoms with Crippen molar-refractivity contribution in [1.29, 1.82) is 0 Å². The molecular weight excluding hydrogens is 306 g/mol. The van der Waals surface area contributed by atoms with Gasteiger partial charge < -0.3 is 10.6 Å². The number of hydrogen-bond acceptors (Lipinski definition) is 3. The first-order valence-corrected chi connectivity index (χ1v) is 6.61. The fourth-order valence-electron chi connectivity index (χ4n) is 1.61. The Kier molecular flexibility index (Phi) is 4.16. The number of carbonyl (C=O) groups is 1. The van der Waals surface area contributed by atoms with E-state index in [0.717, 1.165) is 21.5 Å². The van der Waals surface area contributed by atoms with Crippen molar-refractivity contribution in [2.45, 2.75) is 6.92 Å². The molecule has 0 radical (unpaired) electrons. The van der Waals surface area contributed by atoms with E-state index in [0.29, 0.717) is 5.56 Å². The monoisotopic (exact) mass is 319 g/mol. The topological polar surface area (TPSA) is 54.0 Å². The largest absolute Gasteiger partial charge is 0.373 e.